The second kappa shape index (κ2) is 5.04. The third-order valence-electron chi connectivity index (χ3n) is 3.38. The average molecular weight is 293 g/mol. The Morgan fingerprint density at radius 3 is 2.43 bits per heavy atom. The number of nitro benzene ring substituents is 1. The number of carbonyl (C=O) groups excluding carboxylic acids is 1. The van der Waals surface area contributed by atoms with E-state index in [4.69, 9.17) is 5.11 Å². The number of nitrogens with zero attached hydrogens (tertiary/aromatic N) is 2. The van der Waals surface area contributed by atoms with Crippen molar-refractivity contribution < 1.29 is 19.6 Å². The Hall–Kier alpha value is -2.64. The number of rotatable bonds is 5. The molecule has 8 heteroatoms. The minimum atomic E-state index is -1.16. The summed E-state index contributed by atoms with van der Waals surface area (Å²) in [6.07, 6.45) is 0.788. The maximum absolute atomic E-state index is 11.9. The first kappa shape index (κ1) is 14.8. The molecule has 1 aliphatic carbocycles. The lowest BCUT2D eigenvalue weighted by Gasteiger charge is -2.16. The van der Waals surface area contributed by atoms with Crippen LogP contribution in [-0.4, -0.2) is 46.4 Å². The van der Waals surface area contributed by atoms with E-state index in [0.717, 1.165) is 0 Å². The minimum Gasteiger partial charge on any atom is -0.480 e. The smallest absolute Gasteiger partial charge is 0.329 e. The number of carbonyl (C=O) groups is 2. The van der Waals surface area contributed by atoms with Crippen LogP contribution in [0.2, 0.25) is 0 Å². The Morgan fingerprint density at radius 1 is 1.38 bits per heavy atom. The molecule has 1 fully saturated rings. The lowest BCUT2D eigenvalue weighted by atomic mass is 10.1. The van der Waals surface area contributed by atoms with Gasteiger partial charge in [-0.1, -0.05) is 0 Å². The number of nitro groups is 1. The Bertz CT molecular complexity index is 622. The van der Waals surface area contributed by atoms with Crippen LogP contribution in [0.15, 0.2) is 18.2 Å². The molecule has 0 unspecified atom stereocenters. The molecular weight excluding hydrogens is 278 g/mol. The van der Waals surface area contributed by atoms with Gasteiger partial charge in [-0.15, -0.1) is 0 Å². The zero-order chi connectivity index (χ0) is 15.8. The van der Waals surface area contributed by atoms with Crippen molar-refractivity contribution in [3.05, 3.63) is 33.9 Å². The standard InChI is InChI=1S/C13H15N3O5/c1-15(2)11(17)8-3-4-10(16(20)21)9(7-8)14-13(5-6-13)12(18)19/h3-4,7,14H,5-6H2,1-2H3,(H,18,19). The molecular formula is C13H15N3O5. The molecule has 1 saturated carbocycles. The molecule has 1 amide bonds. The summed E-state index contributed by atoms with van der Waals surface area (Å²) in [4.78, 5) is 34.9. The van der Waals surface area contributed by atoms with Crippen molar-refractivity contribution in [2.45, 2.75) is 18.4 Å². The van der Waals surface area contributed by atoms with Gasteiger partial charge in [-0.3, -0.25) is 14.9 Å². The number of hydrogen-bond donors (Lipinski definition) is 2. The van der Waals surface area contributed by atoms with Crippen LogP contribution < -0.4 is 5.32 Å². The van der Waals surface area contributed by atoms with Gasteiger partial charge in [-0.2, -0.15) is 0 Å². The number of nitrogens with one attached hydrogen (secondary N) is 1. The third kappa shape index (κ3) is 2.78. The summed E-state index contributed by atoms with van der Waals surface area (Å²) in [6, 6.07) is 3.88. The van der Waals surface area contributed by atoms with Crippen molar-refractivity contribution in [3.63, 3.8) is 0 Å². The number of aliphatic carboxylic acids is 1. The SMILES string of the molecule is CN(C)C(=O)c1ccc([N+](=O)[O-])c(NC2(C(=O)O)CC2)c1. The molecule has 0 aliphatic heterocycles. The van der Waals surface area contributed by atoms with Gasteiger partial charge in [0.15, 0.2) is 0 Å². The molecule has 21 heavy (non-hydrogen) atoms. The summed E-state index contributed by atoms with van der Waals surface area (Å²) in [5.74, 6) is -1.37. The fourth-order valence-corrected chi connectivity index (χ4v) is 1.96. The minimum absolute atomic E-state index is 0.0487. The molecule has 0 bridgehead atoms. The maximum Gasteiger partial charge on any atom is 0.329 e. The van der Waals surface area contributed by atoms with E-state index in [0.29, 0.717) is 12.8 Å². The van der Waals surface area contributed by atoms with Crippen molar-refractivity contribution >= 4 is 23.3 Å². The number of anilines is 1. The Morgan fingerprint density at radius 2 is 2.00 bits per heavy atom. The van der Waals surface area contributed by atoms with Gasteiger partial charge in [0, 0.05) is 25.7 Å². The molecule has 1 aromatic rings. The monoisotopic (exact) mass is 293 g/mol. The third-order valence-corrected chi connectivity index (χ3v) is 3.38. The van der Waals surface area contributed by atoms with E-state index >= 15 is 0 Å². The Kier molecular flexibility index (Phi) is 3.54. The highest BCUT2D eigenvalue weighted by molar-refractivity contribution is 5.96. The van der Waals surface area contributed by atoms with Gasteiger partial charge in [0.2, 0.25) is 0 Å². The summed E-state index contributed by atoms with van der Waals surface area (Å²) in [5, 5.41) is 22.9. The largest absolute Gasteiger partial charge is 0.480 e. The van der Waals surface area contributed by atoms with Crippen LogP contribution in [0.3, 0.4) is 0 Å². The quantitative estimate of drug-likeness (QED) is 0.625. The van der Waals surface area contributed by atoms with Gasteiger partial charge in [0.05, 0.1) is 4.92 Å². The second-order valence-corrected chi connectivity index (χ2v) is 5.20. The number of amides is 1. The van der Waals surface area contributed by atoms with Crippen LogP contribution >= 0.6 is 0 Å². The molecule has 2 rings (SSSR count). The average Bonchev–Trinajstić information content (AvgIpc) is 3.18. The number of carboxylic acid groups (broad SMARTS) is 1. The van der Waals surface area contributed by atoms with E-state index < -0.39 is 16.4 Å². The molecule has 0 aromatic heterocycles. The lowest BCUT2D eigenvalue weighted by Crippen LogP contribution is -2.32. The summed E-state index contributed by atoms with van der Waals surface area (Å²) in [6.45, 7) is 0. The van der Waals surface area contributed by atoms with Gasteiger partial charge in [0.25, 0.3) is 11.6 Å². The van der Waals surface area contributed by atoms with Gasteiger partial charge in [0.1, 0.15) is 11.2 Å². The van der Waals surface area contributed by atoms with Gasteiger partial charge in [-0.25, -0.2) is 4.79 Å². The van der Waals surface area contributed by atoms with Crippen LogP contribution in [0.25, 0.3) is 0 Å². The molecule has 0 heterocycles. The molecule has 2 N–H and O–H groups in total. The molecule has 8 nitrogen and oxygen atoms in total. The van der Waals surface area contributed by atoms with Gasteiger partial charge in [-0.05, 0) is 25.0 Å². The van der Waals surface area contributed by atoms with Gasteiger partial charge >= 0.3 is 5.97 Å². The van der Waals surface area contributed by atoms with Crippen molar-refractivity contribution in [3.8, 4) is 0 Å². The fourth-order valence-electron chi connectivity index (χ4n) is 1.96. The van der Waals surface area contributed by atoms with E-state index in [9.17, 15) is 19.7 Å². The zero-order valence-corrected chi connectivity index (χ0v) is 11.6. The van der Waals surface area contributed by atoms with Crippen molar-refractivity contribution in [2.75, 3.05) is 19.4 Å². The fraction of sp³-hybridized carbons (Fsp3) is 0.385. The van der Waals surface area contributed by atoms with Crippen LogP contribution in [-0.2, 0) is 4.79 Å². The Balaban J connectivity index is 2.41. The summed E-state index contributed by atoms with van der Waals surface area (Å²) in [5.41, 5.74) is -1.11. The van der Waals surface area contributed by atoms with E-state index in [2.05, 4.69) is 5.32 Å². The van der Waals surface area contributed by atoms with E-state index in [1.54, 1.807) is 14.1 Å². The first-order valence-electron chi connectivity index (χ1n) is 6.28. The molecule has 0 atom stereocenters. The maximum atomic E-state index is 11.9. The lowest BCUT2D eigenvalue weighted by molar-refractivity contribution is -0.384. The molecule has 0 radical (unpaired) electrons. The highest BCUT2D eigenvalue weighted by atomic mass is 16.6. The van der Waals surface area contributed by atoms with Crippen molar-refractivity contribution in [1.29, 1.82) is 0 Å². The second-order valence-electron chi connectivity index (χ2n) is 5.20. The molecule has 112 valence electrons. The van der Waals surface area contributed by atoms with Crippen LogP contribution in [0, 0.1) is 10.1 Å². The van der Waals surface area contributed by atoms with E-state index in [-0.39, 0.29) is 22.8 Å². The molecule has 1 aromatic carbocycles. The van der Waals surface area contributed by atoms with Crippen molar-refractivity contribution in [1.82, 2.24) is 4.90 Å². The highest BCUT2D eigenvalue weighted by Gasteiger charge is 2.51. The summed E-state index contributed by atoms with van der Waals surface area (Å²) in [7, 11) is 3.13. The Labute approximate surface area is 120 Å². The first-order chi connectivity index (χ1) is 9.77. The van der Waals surface area contributed by atoms with E-state index in [1.165, 1.54) is 23.1 Å². The predicted octanol–water partition coefficient (Wildman–Crippen LogP) is 1.33. The number of hydrogen-bond acceptors (Lipinski definition) is 5. The first-order valence-corrected chi connectivity index (χ1v) is 6.28. The predicted molar refractivity (Wildman–Crippen MR) is 74.3 cm³/mol. The zero-order valence-electron chi connectivity index (χ0n) is 11.6. The van der Waals surface area contributed by atoms with Gasteiger partial charge < -0.3 is 15.3 Å². The topological polar surface area (TPSA) is 113 Å². The van der Waals surface area contributed by atoms with Crippen molar-refractivity contribution in [2.24, 2.45) is 0 Å². The number of benzene rings is 1. The highest BCUT2D eigenvalue weighted by Crippen LogP contribution is 2.41. The molecule has 0 spiro atoms. The number of carboxylic acids is 1. The van der Waals surface area contributed by atoms with Crippen LogP contribution in [0.5, 0.6) is 0 Å². The van der Waals surface area contributed by atoms with Crippen LogP contribution in [0.4, 0.5) is 11.4 Å². The normalized spacial score (nSPS) is 15.1. The summed E-state index contributed by atoms with van der Waals surface area (Å²) < 4.78 is 0. The summed E-state index contributed by atoms with van der Waals surface area (Å²) >= 11 is 0. The van der Waals surface area contributed by atoms with Crippen LogP contribution in [0.1, 0.15) is 23.2 Å². The molecule has 1 aliphatic rings. The molecule has 0 saturated heterocycles. The van der Waals surface area contributed by atoms with E-state index in [1.807, 2.05) is 0 Å².